The number of benzene rings is 1. The third-order valence-corrected chi connectivity index (χ3v) is 5.04. The van der Waals surface area contributed by atoms with Crippen LogP contribution in [-0.4, -0.2) is 67.3 Å². The van der Waals surface area contributed by atoms with E-state index < -0.39 is 0 Å². The predicted molar refractivity (Wildman–Crippen MR) is 97.4 cm³/mol. The minimum Gasteiger partial charge on any atom is -0.502 e. The van der Waals surface area contributed by atoms with Gasteiger partial charge in [0.05, 0.1) is 20.6 Å². The molecule has 1 aliphatic rings. The topological polar surface area (TPSA) is 62.2 Å². The van der Waals surface area contributed by atoms with Gasteiger partial charge >= 0.3 is 0 Å². The lowest BCUT2D eigenvalue weighted by atomic mass is 10.0. The van der Waals surface area contributed by atoms with E-state index in [-0.39, 0.29) is 18.1 Å². The van der Waals surface area contributed by atoms with Crippen molar-refractivity contribution in [2.75, 3.05) is 40.4 Å². The van der Waals surface area contributed by atoms with E-state index in [2.05, 4.69) is 18.7 Å². The van der Waals surface area contributed by atoms with Gasteiger partial charge in [0, 0.05) is 19.1 Å². The Kier molecular flexibility index (Phi) is 6.93. The van der Waals surface area contributed by atoms with Crippen molar-refractivity contribution in [1.29, 1.82) is 0 Å². The summed E-state index contributed by atoms with van der Waals surface area (Å²) in [7, 11) is 2.97. The van der Waals surface area contributed by atoms with E-state index in [4.69, 9.17) is 9.47 Å². The van der Waals surface area contributed by atoms with Crippen LogP contribution in [0.2, 0.25) is 0 Å². The van der Waals surface area contributed by atoms with Crippen LogP contribution < -0.4 is 9.47 Å². The van der Waals surface area contributed by atoms with Crippen LogP contribution in [0.5, 0.6) is 17.2 Å². The first-order valence-electron chi connectivity index (χ1n) is 8.99. The monoisotopic (exact) mass is 350 g/mol. The molecule has 0 bridgehead atoms. The average molecular weight is 350 g/mol. The Labute approximate surface area is 150 Å². The lowest BCUT2D eigenvalue weighted by Gasteiger charge is -2.37. The van der Waals surface area contributed by atoms with Gasteiger partial charge < -0.3 is 24.4 Å². The fraction of sp³-hybridized carbons (Fsp3) is 0.632. The largest absolute Gasteiger partial charge is 0.502 e. The maximum atomic E-state index is 12.6. The number of nitrogens with zero attached hydrogens (tertiary/aromatic N) is 2. The van der Waals surface area contributed by atoms with E-state index in [1.165, 1.54) is 14.2 Å². The van der Waals surface area contributed by atoms with Crippen molar-refractivity contribution in [1.82, 2.24) is 9.80 Å². The van der Waals surface area contributed by atoms with E-state index in [0.717, 1.165) is 44.6 Å². The first-order chi connectivity index (χ1) is 12.0. The SMILES string of the molecule is CCN(CC)C1CCN(C(=O)Cc2cc(OC)c(O)c(OC)c2)CC1. The number of aromatic hydroxyl groups is 1. The Morgan fingerprint density at radius 2 is 1.68 bits per heavy atom. The number of ether oxygens (including phenoxy) is 2. The van der Waals surface area contributed by atoms with Gasteiger partial charge in [0.25, 0.3) is 0 Å². The predicted octanol–water partition coefficient (Wildman–Crippen LogP) is 2.28. The third-order valence-electron chi connectivity index (χ3n) is 5.04. The molecule has 1 N–H and O–H groups in total. The molecule has 6 heteroatoms. The molecule has 6 nitrogen and oxygen atoms in total. The van der Waals surface area contributed by atoms with E-state index in [1.54, 1.807) is 12.1 Å². The number of likely N-dealkylation sites (tertiary alicyclic amines) is 1. The zero-order valence-corrected chi connectivity index (χ0v) is 15.7. The fourth-order valence-electron chi connectivity index (χ4n) is 3.56. The molecule has 1 heterocycles. The summed E-state index contributed by atoms with van der Waals surface area (Å²) in [6, 6.07) is 3.96. The Morgan fingerprint density at radius 1 is 1.16 bits per heavy atom. The second kappa shape index (κ2) is 8.94. The first-order valence-corrected chi connectivity index (χ1v) is 8.99. The lowest BCUT2D eigenvalue weighted by molar-refractivity contribution is -0.132. The van der Waals surface area contributed by atoms with Crippen LogP contribution in [0.4, 0.5) is 0 Å². The molecular weight excluding hydrogens is 320 g/mol. The van der Waals surface area contributed by atoms with Crippen LogP contribution in [0, 0.1) is 0 Å². The van der Waals surface area contributed by atoms with E-state index in [9.17, 15) is 9.90 Å². The molecule has 2 rings (SSSR count). The van der Waals surface area contributed by atoms with Gasteiger partial charge in [-0.15, -0.1) is 0 Å². The zero-order valence-electron chi connectivity index (χ0n) is 15.7. The highest BCUT2D eigenvalue weighted by Crippen LogP contribution is 2.37. The molecule has 1 aliphatic heterocycles. The van der Waals surface area contributed by atoms with E-state index in [1.807, 2.05) is 4.90 Å². The Bertz CT molecular complexity index is 554. The van der Waals surface area contributed by atoms with Gasteiger partial charge in [-0.25, -0.2) is 0 Å². The maximum Gasteiger partial charge on any atom is 0.226 e. The highest BCUT2D eigenvalue weighted by molar-refractivity contribution is 5.79. The molecule has 1 aromatic carbocycles. The number of hydrogen-bond acceptors (Lipinski definition) is 5. The summed E-state index contributed by atoms with van der Waals surface area (Å²) in [5.74, 6) is 0.707. The minimum atomic E-state index is -0.0405. The van der Waals surface area contributed by atoms with Crippen molar-refractivity contribution < 1.29 is 19.4 Å². The van der Waals surface area contributed by atoms with E-state index in [0.29, 0.717) is 17.5 Å². The summed E-state index contributed by atoms with van der Waals surface area (Å²) >= 11 is 0. The molecule has 0 aromatic heterocycles. The first kappa shape index (κ1) is 19.4. The van der Waals surface area contributed by atoms with Gasteiger partial charge in [0.2, 0.25) is 11.7 Å². The van der Waals surface area contributed by atoms with Crippen LogP contribution in [0.25, 0.3) is 0 Å². The summed E-state index contributed by atoms with van der Waals surface area (Å²) in [4.78, 5) is 17.0. The number of carbonyl (C=O) groups excluding carboxylic acids is 1. The Morgan fingerprint density at radius 3 is 2.12 bits per heavy atom. The van der Waals surface area contributed by atoms with Gasteiger partial charge in [0.15, 0.2) is 11.5 Å². The number of piperidine rings is 1. The van der Waals surface area contributed by atoms with Crippen molar-refractivity contribution in [3.05, 3.63) is 17.7 Å². The van der Waals surface area contributed by atoms with Gasteiger partial charge in [-0.05, 0) is 43.6 Å². The number of amides is 1. The molecule has 1 fully saturated rings. The molecule has 1 aromatic rings. The number of carbonyl (C=O) groups is 1. The number of phenols is 1. The average Bonchev–Trinajstić information content (AvgIpc) is 2.64. The lowest BCUT2D eigenvalue weighted by Crippen LogP contribution is -2.47. The third kappa shape index (κ3) is 4.57. The molecule has 1 amide bonds. The molecule has 0 saturated carbocycles. The second-order valence-corrected chi connectivity index (χ2v) is 6.36. The highest BCUT2D eigenvalue weighted by atomic mass is 16.5. The van der Waals surface area contributed by atoms with Gasteiger partial charge in [-0.3, -0.25) is 4.79 Å². The normalized spacial score (nSPS) is 15.5. The number of hydrogen-bond donors (Lipinski definition) is 1. The molecule has 25 heavy (non-hydrogen) atoms. The van der Waals surface area contributed by atoms with Gasteiger partial charge in [-0.2, -0.15) is 0 Å². The number of methoxy groups -OCH3 is 2. The van der Waals surface area contributed by atoms with Crippen LogP contribution >= 0.6 is 0 Å². The van der Waals surface area contributed by atoms with Crippen LogP contribution in [0.15, 0.2) is 12.1 Å². The van der Waals surface area contributed by atoms with E-state index >= 15 is 0 Å². The van der Waals surface area contributed by atoms with Gasteiger partial charge in [0.1, 0.15) is 0 Å². The zero-order chi connectivity index (χ0) is 18.4. The Hall–Kier alpha value is -1.95. The van der Waals surface area contributed by atoms with Crippen LogP contribution in [-0.2, 0) is 11.2 Å². The van der Waals surface area contributed by atoms with Crippen molar-refractivity contribution >= 4 is 5.91 Å². The maximum absolute atomic E-state index is 12.6. The van der Waals surface area contributed by atoms with Crippen molar-refractivity contribution in [2.24, 2.45) is 0 Å². The van der Waals surface area contributed by atoms with Crippen molar-refractivity contribution in [3.8, 4) is 17.2 Å². The Balaban J connectivity index is 1.99. The molecule has 140 valence electrons. The molecular formula is C19H30N2O4. The van der Waals surface area contributed by atoms with Crippen LogP contribution in [0.1, 0.15) is 32.3 Å². The fourth-order valence-corrected chi connectivity index (χ4v) is 3.56. The number of rotatable bonds is 7. The smallest absolute Gasteiger partial charge is 0.226 e. The molecule has 0 aliphatic carbocycles. The highest BCUT2D eigenvalue weighted by Gasteiger charge is 2.26. The standard InChI is InChI=1S/C19H30N2O4/c1-5-20(6-2)15-7-9-21(10-8-15)18(22)13-14-11-16(24-3)19(23)17(12-14)25-4/h11-12,15,23H,5-10,13H2,1-4H3. The second-order valence-electron chi connectivity index (χ2n) is 6.36. The molecule has 0 atom stereocenters. The number of phenolic OH excluding ortho intramolecular Hbond substituents is 1. The summed E-state index contributed by atoms with van der Waals surface area (Å²) in [5, 5.41) is 9.97. The molecule has 0 radical (unpaired) electrons. The van der Waals surface area contributed by atoms with Crippen molar-refractivity contribution in [2.45, 2.75) is 39.2 Å². The summed E-state index contributed by atoms with van der Waals surface area (Å²) < 4.78 is 10.3. The van der Waals surface area contributed by atoms with Crippen LogP contribution in [0.3, 0.4) is 0 Å². The van der Waals surface area contributed by atoms with Gasteiger partial charge in [-0.1, -0.05) is 13.8 Å². The molecule has 0 unspecified atom stereocenters. The van der Waals surface area contributed by atoms with Crippen molar-refractivity contribution in [3.63, 3.8) is 0 Å². The summed E-state index contributed by atoms with van der Waals surface area (Å²) in [5.41, 5.74) is 0.780. The minimum absolute atomic E-state index is 0.0405. The molecule has 0 spiro atoms. The molecule has 1 saturated heterocycles. The summed E-state index contributed by atoms with van der Waals surface area (Å²) in [6.07, 6.45) is 2.33. The quantitative estimate of drug-likeness (QED) is 0.817. The summed E-state index contributed by atoms with van der Waals surface area (Å²) in [6.45, 7) is 8.09.